The van der Waals surface area contributed by atoms with E-state index in [-0.39, 0.29) is 10.7 Å². The Labute approximate surface area is 88.3 Å². The quantitative estimate of drug-likeness (QED) is 0.655. The molecule has 0 saturated heterocycles. The number of nitrogens with zero attached hydrogens (tertiary/aromatic N) is 1. The van der Waals surface area contributed by atoms with Gasteiger partial charge in [0, 0.05) is 10.7 Å². The number of amides is 1. The van der Waals surface area contributed by atoms with Crippen molar-refractivity contribution in [3.8, 4) is 0 Å². The number of rotatable bonds is 2. The molecule has 0 saturated carbocycles. The summed E-state index contributed by atoms with van der Waals surface area (Å²) in [5.41, 5.74) is 2.41. The summed E-state index contributed by atoms with van der Waals surface area (Å²) in [6, 6.07) is 1.56. The highest BCUT2D eigenvalue weighted by Gasteiger charge is 2.11. The first-order valence-electron chi connectivity index (χ1n) is 3.29. The molecule has 13 heavy (non-hydrogen) atoms. The highest BCUT2D eigenvalue weighted by atomic mass is 79.9. The minimum atomic E-state index is -0.429. The zero-order valence-corrected chi connectivity index (χ0v) is 9.02. The predicted octanol–water partition coefficient (Wildman–Crippen LogP) is 1.79. The van der Waals surface area contributed by atoms with Gasteiger partial charge in [0.15, 0.2) is 0 Å². The predicted molar refractivity (Wildman–Crippen MR) is 51.4 cm³/mol. The van der Waals surface area contributed by atoms with Crippen LogP contribution in [-0.2, 0) is 4.84 Å². The maximum atomic E-state index is 11.2. The van der Waals surface area contributed by atoms with Crippen LogP contribution in [0.4, 0.5) is 0 Å². The van der Waals surface area contributed by atoms with Gasteiger partial charge in [-0.25, -0.2) is 10.5 Å². The van der Waals surface area contributed by atoms with Crippen LogP contribution in [0.2, 0.25) is 5.15 Å². The molecule has 1 aromatic rings. The Balaban J connectivity index is 2.99. The number of hydrogen-bond acceptors (Lipinski definition) is 3. The second-order valence-corrected chi connectivity index (χ2v) is 3.40. The molecule has 0 aromatic carbocycles. The zero-order chi connectivity index (χ0) is 9.84. The van der Waals surface area contributed by atoms with E-state index >= 15 is 0 Å². The largest absolute Gasteiger partial charge is 0.277 e. The van der Waals surface area contributed by atoms with Crippen LogP contribution in [0.15, 0.2) is 16.7 Å². The van der Waals surface area contributed by atoms with Gasteiger partial charge in [-0.15, -0.1) is 0 Å². The number of aromatic nitrogens is 1. The van der Waals surface area contributed by atoms with E-state index in [0.29, 0.717) is 4.47 Å². The summed E-state index contributed by atoms with van der Waals surface area (Å²) in [6.45, 7) is 0. The number of carbonyl (C=O) groups excluding carboxylic acids is 1. The topological polar surface area (TPSA) is 51.2 Å². The first-order valence-corrected chi connectivity index (χ1v) is 4.46. The fourth-order valence-electron chi connectivity index (χ4n) is 0.729. The molecule has 0 bridgehead atoms. The van der Waals surface area contributed by atoms with Crippen molar-refractivity contribution < 1.29 is 9.63 Å². The Morgan fingerprint density at radius 1 is 1.77 bits per heavy atom. The summed E-state index contributed by atoms with van der Waals surface area (Å²) in [4.78, 5) is 19.5. The SMILES string of the molecule is CONC(=O)c1cc(Br)cnc1Cl. The number of carbonyl (C=O) groups is 1. The van der Waals surface area contributed by atoms with Crippen molar-refractivity contribution in [1.29, 1.82) is 0 Å². The number of halogens is 2. The van der Waals surface area contributed by atoms with Crippen LogP contribution in [0.25, 0.3) is 0 Å². The van der Waals surface area contributed by atoms with Crippen LogP contribution < -0.4 is 5.48 Å². The van der Waals surface area contributed by atoms with Crippen molar-refractivity contribution in [2.45, 2.75) is 0 Å². The third kappa shape index (κ3) is 2.65. The van der Waals surface area contributed by atoms with Crippen molar-refractivity contribution in [2.75, 3.05) is 7.11 Å². The molecule has 1 amide bonds. The van der Waals surface area contributed by atoms with Gasteiger partial charge in [-0.3, -0.25) is 9.63 Å². The number of hydrogen-bond donors (Lipinski definition) is 1. The fraction of sp³-hybridized carbons (Fsp3) is 0.143. The van der Waals surface area contributed by atoms with Gasteiger partial charge in [-0.05, 0) is 22.0 Å². The van der Waals surface area contributed by atoms with Gasteiger partial charge in [0.05, 0.1) is 12.7 Å². The molecule has 4 nitrogen and oxygen atoms in total. The van der Waals surface area contributed by atoms with Crippen molar-refractivity contribution in [3.05, 3.63) is 27.5 Å². The summed E-state index contributed by atoms with van der Waals surface area (Å²) in [7, 11) is 1.34. The van der Waals surface area contributed by atoms with Crippen LogP contribution >= 0.6 is 27.5 Å². The van der Waals surface area contributed by atoms with Gasteiger partial charge in [-0.2, -0.15) is 0 Å². The molecule has 0 atom stereocenters. The Morgan fingerprint density at radius 2 is 2.46 bits per heavy atom. The second-order valence-electron chi connectivity index (χ2n) is 2.13. The van der Waals surface area contributed by atoms with Gasteiger partial charge < -0.3 is 0 Å². The minimum absolute atomic E-state index is 0.137. The molecule has 0 aliphatic heterocycles. The number of nitrogens with one attached hydrogen (secondary N) is 1. The monoisotopic (exact) mass is 264 g/mol. The summed E-state index contributed by atoms with van der Waals surface area (Å²) >= 11 is 8.85. The summed E-state index contributed by atoms with van der Waals surface area (Å²) < 4.78 is 0.679. The number of hydroxylamine groups is 1. The van der Waals surface area contributed by atoms with Gasteiger partial charge in [0.25, 0.3) is 5.91 Å². The first kappa shape index (κ1) is 10.4. The molecular formula is C7H6BrClN2O2. The van der Waals surface area contributed by atoms with Crippen LogP contribution in [0, 0.1) is 0 Å². The van der Waals surface area contributed by atoms with E-state index < -0.39 is 5.91 Å². The molecule has 1 heterocycles. The van der Waals surface area contributed by atoms with E-state index in [0.717, 1.165) is 0 Å². The van der Waals surface area contributed by atoms with E-state index in [4.69, 9.17) is 11.6 Å². The van der Waals surface area contributed by atoms with Crippen molar-refractivity contribution in [1.82, 2.24) is 10.5 Å². The van der Waals surface area contributed by atoms with Crippen molar-refractivity contribution >= 4 is 33.4 Å². The smallest absolute Gasteiger partial charge is 0.277 e. The van der Waals surface area contributed by atoms with Crippen LogP contribution in [0.3, 0.4) is 0 Å². The molecule has 0 spiro atoms. The van der Waals surface area contributed by atoms with Crippen LogP contribution in [-0.4, -0.2) is 18.0 Å². The van der Waals surface area contributed by atoms with Crippen molar-refractivity contribution in [3.63, 3.8) is 0 Å². The molecule has 0 aliphatic carbocycles. The van der Waals surface area contributed by atoms with Crippen LogP contribution in [0.1, 0.15) is 10.4 Å². The Morgan fingerprint density at radius 3 is 3.08 bits per heavy atom. The van der Waals surface area contributed by atoms with E-state index in [2.05, 4.69) is 31.2 Å². The maximum Gasteiger partial charge on any atom is 0.277 e. The molecule has 0 radical (unpaired) electrons. The van der Waals surface area contributed by atoms with Crippen LogP contribution in [0.5, 0.6) is 0 Å². The fourth-order valence-corrected chi connectivity index (χ4v) is 1.25. The van der Waals surface area contributed by atoms with E-state index in [1.807, 2.05) is 0 Å². The lowest BCUT2D eigenvalue weighted by molar-refractivity contribution is 0.0537. The van der Waals surface area contributed by atoms with Gasteiger partial charge in [-0.1, -0.05) is 11.6 Å². The summed E-state index contributed by atoms with van der Waals surface area (Å²) in [5.74, 6) is -0.429. The standard InChI is InChI=1S/C7H6BrClN2O2/c1-13-11-7(12)5-2-4(8)3-10-6(5)9/h2-3H,1H3,(H,11,12). The van der Waals surface area contributed by atoms with Gasteiger partial charge in [0.2, 0.25) is 0 Å². The average molecular weight is 265 g/mol. The molecule has 0 unspecified atom stereocenters. The highest BCUT2D eigenvalue weighted by molar-refractivity contribution is 9.10. The maximum absolute atomic E-state index is 11.2. The lowest BCUT2D eigenvalue weighted by Crippen LogP contribution is -2.22. The molecule has 1 N–H and O–H groups in total. The van der Waals surface area contributed by atoms with Gasteiger partial charge >= 0.3 is 0 Å². The molecule has 0 aliphatic rings. The minimum Gasteiger partial charge on any atom is -0.277 e. The summed E-state index contributed by atoms with van der Waals surface area (Å²) in [5, 5.41) is 0.137. The van der Waals surface area contributed by atoms with E-state index in [9.17, 15) is 4.79 Å². The van der Waals surface area contributed by atoms with Gasteiger partial charge in [0.1, 0.15) is 5.15 Å². The van der Waals surface area contributed by atoms with E-state index in [1.54, 1.807) is 6.07 Å². The number of pyridine rings is 1. The van der Waals surface area contributed by atoms with E-state index in [1.165, 1.54) is 13.3 Å². The lowest BCUT2D eigenvalue weighted by Gasteiger charge is -2.03. The zero-order valence-electron chi connectivity index (χ0n) is 6.67. The Bertz CT molecular complexity index is 332. The highest BCUT2D eigenvalue weighted by Crippen LogP contribution is 2.17. The Kier molecular flexibility index (Phi) is 3.65. The molecule has 1 rings (SSSR count). The normalized spacial score (nSPS) is 9.77. The second kappa shape index (κ2) is 4.55. The third-order valence-electron chi connectivity index (χ3n) is 1.25. The molecular weight excluding hydrogens is 259 g/mol. The Hall–Kier alpha value is -0.650. The molecule has 0 fully saturated rings. The summed E-state index contributed by atoms with van der Waals surface area (Å²) in [6.07, 6.45) is 1.51. The third-order valence-corrected chi connectivity index (χ3v) is 1.98. The molecule has 70 valence electrons. The molecule has 6 heteroatoms. The molecule has 1 aromatic heterocycles. The average Bonchev–Trinajstić information content (AvgIpc) is 2.09. The first-order chi connectivity index (χ1) is 6.15. The lowest BCUT2D eigenvalue weighted by atomic mass is 10.3. The van der Waals surface area contributed by atoms with Crippen molar-refractivity contribution in [2.24, 2.45) is 0 Å².